The summed E-state index contributed by atoms with van der Waals surface area (Å²) in [5.74, 6) is 0. The molecule has 106 valence electrons. The SMILES string of the molecule is CN(C1CCC(N)CC1)S(=O)(=O)c1cncc(Br)c1. The summed E-state index contributed by atoms with van der Waals surface area (Å²) in [4.78, 5) is 4.14. The van der Waals surface area contributed by atoms with E-state index in [4.69, 9.17) is 5.73 Å². The van der Waals surface area contributed by atoms with Crippen LogP contribution in [0.5, 0.6) is 0 Å². The first-order valence-corrected chi connectivity index (χ1v) is 8.48. The zero-order chi connectivity index (χ0) is 14.0. The van der Waals surface area contributed by atoms with E-state index in [2.05, 4.69) is 20.9 Å². The van der Waals surface area contributed by atoms with Crippen molar-refractivity contribution in [2.45, 2.75) is 42.7 Å². The van der Waals surface area contributed by atoms with E-state index < -0.39 is 10.0 Å². The van der Waals surface area contributed by atoms with Crippen LogP contribution in [-0.4, -0.2) is 36.8 Å². The highest BCUT2D eigenvalue weighted by Gasteiger charge is 2.30. The van der Waals surface area contributed by atoms with Crippen LogP contribution in [0.25, 0.3) is 0 Å². The number of nitrogens with two attached hydrogens (primary N) is 1. The van der Waals surface area contributed by atoms with Gasteiger partial charge in [-0.3, -0.25) is 4.98 Å². The second kappa shape index (κ2) is 5.87. The molecule has 0 aromatic carbocycles. The molecule has 2 N–H and O–H groups in total. The number of rotatable bonds is 3. The van der Waals surface area contributed by atoms with Gasteiger partial charge in [-0.2, -0.15) is 4.31 Å². The number of nitrogens with zero attached hydrogens (tertiary/aromatic N) is 2. The minimum atomic E-state index is -3.48. The van der Waals surface area contributed by atoms with Crippen molar-refractivity contribution in [1.29, 1.82) is 0 Å². The van der Waals surface area contributed by atoms with E-state index in [0.717, 1.165) is 25.7 Å². The van der Waals surface area contributed by atoms with Gasteiger partial charge in [-0.05, 0) is 47.7 Å². The fraction of sp³-hybridized carbons (Fsp3) is 0.583. The third-order valence-corrected chi connectivity index (χ3v) is 5.92. The number of sulfonamides is 1. The molecule has 7 heteroatoms. The third-order valence-electron chi connectivity index (χ3n) is 3.61. The van der Waals surface area contributed by atoms with Gasteiger partial charge in [-0.15, -0.1) is 0 Å². The zero-order valence-corrected chi connectivity index (χ0v) is 13.2. The van der Waals surface area contributed by atoms with Crippen molar-refractivity contribution in [1.82, 2.24) is 9.29 Å². The standard InChI is InChI=1S/C12H18BrN3O2S/c1-16(11-4-2-10(14)3-5-11)19(17,18)12-6-9(13)7-15-8-12/h6-8,10-11H,2-5,14H2,1H3. The van der Waals surface area contributed by atoms with E-state index in [1.54, 1.807) is 19.3 Å². The topological polar surface area (TPSA) is 76.3 Å². The van der Waals surface area contributed by atoms with Gasteiger partial charge in [0.1, 0.15) is 4.90 Å². The summed E-state index contributed by atoms with van der Waals surface area (Å²) in [6.07, 6.45) is 6.34. The summed E-state index contributed by atoms with van der Waals surface area (Å²) in [7, 11) is -1.84. The summed E-state index contributed by atoms with van der Waals surface area (Å²) in [6, 6.07) is 1.82. The van der Waals surface area contributed by atoms with Gasteiger partial charge in [-0.25, -0.2) is 8.42 Å². The maximum Gasteiger partial charge on any atom is 0.244 e. The van der Waals surface area contributed by atoms with E-state index >= 15 is 0 Å². The molecular weight excluding hydrogens is 330 g/mol. The Hall–Kier alpha value is -0.500. The number of pyridine rings is 1. The fourth-order valence-corrected chi connectivity index (χ4v) is 4.28. The Labute approximate surface area is 122 Å². The molecule has 1 aliphatic rings. The Balaban J connectivity index is 2.20. The summed E-state index contributed by atoms with van der Waals surface area (Å²) in [5, 5.41) is 0. The second-order valence-corrected chi connectivity index (χ2v) is 7.84. The quantitative estimate of drug-likeness (QED) is 0.903. The second-order valence-electron chi connectivity index (χ2n) is 4.93. The highest BCUT2D eigenvalue weighted by Crippen LogP contribution is 2.26. The monoisotopic (exact) mass is 347 g/mol. The molecular formula is C12H18BrN3O2S. The first-order valence-electron chi connectivity index (χ1n) is 6.25. The Bertz CT molecular complexity index is 542. The van der Waals surface area contributed by atoms with Gasteiger partial charge in [0.15, 0.2) is 0 Å². The summed E-state index contributed by atoms with van der Waals surface area (Å²) in [6.45, 7) is 0. The summed E-state index contributed by atoms with van der Waals surface area (Å²) in [5.41, 5.74) is 5.85. The molecule has 0 aliphatic heterocycles. The largest absolute Gasteiger partial charge is 0.328 e. The van der Waals surface area contributed by atoms with Gasteiger partial charge < -0.3 is 5.73 Å². The minimum Gasteiger partial charge on any atom is -0.328 e. The molecule has 1 aliphatic carbocycles. The van der Waals surface area contributed by atoms with E-state index in [0.29, 0.717) is 4.47 Å². The van der Waals surface area contributed by atoms with Gasteiger partial charge in [-0.1, -0.05) is 0 Å². The highest BCUT2D eigenvalue weighted by atomic mass is 79.9. The van der Waals surface area contributed by atoms with E-state index in [1.807, 2.05) is 0 Å². The third kappa shape index (κ3) is 3.34. The number of hydrogen-bond donors (Lipinski definition) is 1. The fourth-order valence-electron chi connectivity index (χ4n) is 2.36. The van der Waals surface area contributed by atoms with Crippen LogP contribution in [0.2, 0.25) is 0 Å². The molecule has 0 saturated heterocycles. The maximum absolute atomic E-state index is 12.5. The van der Waals surface area contributed by atoms with E-state index in [1.165, 1.54) is 10.5 Å². The van der Waals surface area contributed by atoms with Gasteiger partial charge in [0.25, 0.3) is 0 Å². The van der Waals surface area contributed by atoms with E-state index in [9.17, 15) is 8.42 Å². The average molecular weight is 348 g/mol. The number of halogens is 1. The lowest BCUT2D eigenvalue weighted by Crippen LogP contribution is -2.41. The lowest BCUT2D eigenvalue weighted by Gasteiger charge is -2.32. The molecule has 5 nitrogen and oxygen atoms in total. The molecule has 0 amide bonds. The normalized spacial score (nSPS) is 24.6. The van der Waals surface area contributed by atoms with Gasteiger partial charge >= 0.3 is 0 Å². The van der Waals surface area contributed by atoms with Crippen LogP contribution in [0.3, 0.4) is 0 Å². The van der Waals surface area contributed by atoms with E-state index in [-0.39, 0.29) is 17.0 Å². The molecule has 0 spiro atoms. The molecule has 1 heterocycles. The summed E-state index contributed by atoms with van der Waals surface area (Å²) >= 11 is 3.25. The Morgan fingerprint density at radius 1 is 1.32 bits per heavy atom. The lowest BCUT2D eigenvalue weighted by atomic mass is 9.92. The van der Waals surface area contributed by atoms with Crippen molar-refractivity contribution >= 4 is 26.0 Å². The smallest absolute Gasteiger partial charge is 0.244 e. The average Bonchev–Trinajstić information content (AvgIpc) is 2.39. The van der Waals surface area contributed by atoms with Crippen LogP contribution in [0.1, 0.15) is 25.7 Å². The van der Waals surface area contributed by atoms with Crippen LogP contribution >= 0.6 is 15.9 Å². The van der Waals surface area contributed by atoms with Crippen molar-refractivity contribution < 1.29 is 8.42 Å². The molecule has 0 atom stereocenters. The Morgan fingerprint density at radius 2 is 1.95 bits per heavy atom. The van der Waals surface area contributed by atoms with Crippen molar-refractivity contribution in [2.24, 2.45) is 5.73 Å². The summed E-state index contributed by atoms with van der Waals surface area (Å²) < 4.78 is 27.1. The highest BCUT2D eigenvalue weighted by molar-refractivity contribution is 9.10. The predicted molar refractivity (Wildman–Crippen MR) is 77.1 cm³/mol. The molecule has 0 bridgehead atoms. The van der Waals surface area contributed by atoms with Gasteiger partial charge in [0.05, 0.1) is 0 Å². The molecule has 2 rings (SSSR count). The van der Waals surface area contributed by atoms with Crippen molar-refractivity contribution in [3.05, 3.63) is 22.9 Å². The van der Waals surface area contributed by atoms with Crippen LogP contribution in [0.15, 0.2) is 27.8 Å². The van der Waals surface area contributed by atoms with Gasteiger partial charge in [0.2, 0.25) is 10.0 Å². The minimum absolute atomic E-state index is 0.0313. The maximum atomic E-state index is 12.5. The molecule has 1 fully saturated rings. The van der Waals surface area contributed by atoms with Gasteiger partial charge in [0, 0.05) is 36.0 Å². The molecule has 19 heavy (non-hydrogen) atoms. The molecule has 1 saturated carbocycles. The molecule has 1 aromatic rings. The number of hydrogen-bond acceptors (Lipinski definition) is 4. The van der Waals surface area contributed by atoms with Crippen molar-refractivity contribution in [3.63, 3.8) is 0 Å². The zero-order valence-electron chi connectivity index (χ0n) is 10.8. The van der Waals surface area contributed by atoms with Crippen LogP contribution in [-0.2, 0) is 10.0 Å². The predicted octanol–water partition coefficient (Wildman–Crippen LogP) is 1.73. The first kappa shape index (κ1) is 14.9. The van der Waals surface area contributed by atoms with Crippen molar-refractivity contribution in [3.8, 4) is 0 Å². The molecule has 0 radical (unpaired) electrons. The van der Waals surface area contributed by atoms with Crippen LogP contribution in [0, 0.1) is 0 Å². The van der Waals surface area contributed by atoms with Crippen molar-refractivity contribution in [2.75, 3.05) is 7.05 Å². The van der Waals surface area contributed by atoms with Crippen LogP contribution in [0.4, 0.5) is 0 Å². The Morgan fingerprint density at radius 3 is 2.53 bits per heavy atom. The van der Waals surface area contributed by atoms with Crippen LogP contribution < -0.4 is 5.73 Å². The lowest BCUT2D eigenvalue weighted by molar-refractivity contribution is 0.268. The first-order chi connectivity index (χ1) is 8.91. The molecule has 0 unspecified atom stereocenters. The Kier molecular flexibility index (Phi) is 4.60. The number of aromatic nitrogens is 1. The molecule has 1 aromatic heterocycles.